The van der Waals surface area contributed by atoms with Crippen molar-refractivity contribution in [3.63, 3.8) is 0 Å². The molecule has 1 aliphatic heterocycles. The van der Waals surface area contributed by atoms with Gasteiger partial charge in [-0.2, -0.15) is 0 Å². The number of carbonyl (C=O) groups is 1. The smallest absolute Gasteiger partial charge is 0.368 e. The number of nitrogens with zero attached hydrogens (tertiary/aromatic N) is 1. The van der Waals surface area contributed by atoms with E-state index in [-0.39, 0.29) is 6.54 Å². The van der Waals surface area contributed by atoms with Crippen molar-refractivity contribution in [3.8, 4) is 0 Å². The number of quaternary nitrogens is 1. The summed E-state index contributed by atoms with van der Waals surface area (Å²) in [5.74, 6) is -1.89. The van der Waals surface area contributed by atoms with Crippen molar-refractivity contribution in [2.24, 2.45) is 0 Å². The number of aliphatic hydroxyl groups is 1. The molecule has 0 saturated carbocycles. The van der Waals surface area contributed by atoms with Gasteiger partial charge in [-0.3, -0.25) is 4.57 Å². The first-order valence-electron chi connectivity index (χ1n) is 5.97. The predicted octanol–water partition coefficient (Wildman–Crippen LogP) is -0.0623. The monoisotopic (exact) mass is 312 g/mol. The van der Waals surface area contributed by atoms with E-state index in [1.165, 1.54) is 0 Å². The molecule has 9 heteroatoms. The maximum Gasteiger partial charge on any atom is 0.368 e. The number of rotatable bonds is 7. The molecule has 110 valence electrons. The average molecular weight is 312 g/mol. The third kappa shape index (κ3) is 3.59. The summed E-state index contributed by atoms with van der Waals surface area (Å²) in [4.78, 5) is 29.0. The van der Waals surface area contributed by atoms with Crippen molar-refractivity contribution in [1.82, 2.24) is 0 Å². The topological polar surface area (TPSA) is 115 Å². The van der Waals surface area contributed by atoms with Crippen LogP contribution in [-0.4, -0.2) is 67.3 Å². The van der Waals surface area contributed by atoms with Crippen LogP contribution in [0.15, 0.2) is 0 Å². The maximum atomic E-state index is 11.2. The highest BCUT2D eigenvalue weighted by Gasteiger charge is 2.54. The van der Waals surface area contributed by atoms with E-state index in [2.05, 4.69) is 0 Å². The minimum absolute atomic E-state index is 0.182. The van der Waals surface area contributed by atoms with Crippen LogP contribution in [0.25, 0.3) is 0 Å². The van der Waals surface area contributed by atoms with Gasteiger partial charge in [-0.15, -0.1) is 0 Å². The van der Waals surface area contributed by atoms with Gasteiger partial charge in [-0.05, 0) is 0 Å². The zero-order chi connectivity index (χ0) is 14.7. The summed E-state index contributed by atoms with van der Waals surface area (Å²) in [5, 5.41) is 17.2. The molecule has 1 rings (SSSR count). The Morgan fingerprint density at radius 2 is 1.89 bits per heavy atom. The molecule has 1 heterocycles. The SMILES string of the molecule is O=C(O)C(O)(CC[N+]1(CC=S)CCCC1)P(=O)(O)O. The van der Waals surface area contributed by atoms with Gasteiger partial charge in [0.15, 0.2) is 0 Å². The fraction of sp³-hybridized carbons (Fsp3) is 0.800. The molecule has 0 aromatic rings. The molecular weight excluding hydrogens is 293 g/mol. The Morgan fingerprint density at radius 3 is 2.26 bits per heavy atom. The fourth-order valence-electron chi connectivity index (χ4n) is 2.43. The van der Waals surface area contributed by atoms with E-state index in [0.29, 0.717) is 11.0 Å². The number of likely N-dealkylation sites (tertiary alicyclic amines) is 1. The lowest BCUT2D eigenvalue weighted by Crippen LogP contribution is -2.51. The average Bonchev–Trinajstić information content (AvgIpc) is 2.74. The van der Waals surface area contributed by atoms with Crippen LogP contribution in [0, 0.1) is 0 Å². The number of hydrogen-bond acceptors (Lipinski definition) is 4. The molecule has 0 amide bonds. The second-order valence-electron chi connectivity index (χ2n) is 4.98. The normalized spacial score (nSPS) is 21.8. The lowest BCUT2D eigenvalue weighted by atomic mass is 10.2. The van der Waals surface area contributed by atoms with Crippen molar-refractivity contribution in [1.29, 1.82) is 0 Å². The Hall–Kier alpha value is -0.370. The molecule has 0 aromatic heterocycles. The van der Waals surface area contributed by atoms with Crippen LogP contribution in [0.1, 0.15) is 19.3 Å². The van der Waals surface area contributed by atoms with Gasteiger partial charge >= 0.3 is 13.6 Å². The van der Waals surface area contributed by atoms with E-state index in [0.717, 1.165) is 25.9 Å². The second kappa shape index (κ2) is 5.95. The van der Waals surface area contributed by atoms with Gasteiger partial charge < -0.3 is 24.5 Å². The molecule has 19 heavy (non-hydrogen) atoms. The van der Waals surface area contributed by atoms with Crippen LogP contribution in [0.4, 0.5) is 0 Å². The van der Waals surface area contributed by atoms with Crippen LogP contribution < -0.4 is 0 Å². The third-order valence-electron chi connectivity index (χ3n) is 3.74. The summed E-state index contributed by atoms with van der Waals surface area (Å²) in [6.45, 7) is 2.28. The lowest BCUT2D eigenvalue weighted by molar-refractivity contribution is -0.908. The van der Waals surface area contributed by atoms with Gasteiger partial charge in [0.1, 0.15) is 6.54 Å². The summed E-state index contributed by atoms with van der Waals surface area (Å²) < 4.78 is 11.7. The number of carboxylic acids is 1. The Labute approximate surface area is 116 Å². The first-order valence-corrected chi connectivity index (χ1v) is 8.05. The van der Waals surface area contributed by atoms with E-state index in [4.69, 9.17) is 27.1 Å². The molecule has 0 spiro atoms. The third-order valence-corrected chi connectivity index (χ3v) is 5.26. The summed E-state index contributed by atoms with van der Waals surface area (Å²) in [6, 6.07) is 0. The van der Waals surface area contributed by atoms with Crippen molar-refractivity contribution in [2.75, 3.05) is 26.2 Å². The first-order chi connectivity index (χ1) is 8.67. The summed E-state index contributed by atoms with van der Waals surface area (Å²) in [6.07, 6.45) is 1.44. The van der Waals surface area contributed by atoms with E-state index in [1.54, 1.807) is 5.37 Å². The zero-order valence-corrected chi connectivity index (χ0v) is 12.1. The van der Waals surface area contributed by atoms with Gasteiger partial charge in [0.25, 0.3) is 5.34 Å². The molecule has 7 nitrogen and oxygen atoms in total. The van der Waals surface area contributed by atoms with Crippen LogP contribution in [0.3, 0.4) is 0 Å². The predicted molar refractivity (Wildman–Crippen MR) is 71.9 cm³/mol. The van der Waals surface area contributed by atoms with Crippen LogP contribution in [0.5, 0.6) is 0 Å². The quantitative estimate of drug-likeness (QED) is 0.296. The van der Waals surface area contributed by atoms with Gasteiger partial charge in [-0.1, -0.05) is 12.2 Å². The van der Waals surface area contributed by atoms with Crippen molar-refractivity contribution in [3.05, 3.63) is 0 Å². The Morgan fingerprint density at radius 1 is 1.37 bits per heavy atom. The summed E-state index contributed by atoms with van der Waals surface area (Å²) in [5.41, 5.74) is 0. The van der Waals surface area contributed by atoms with Crippen LogP contribution in [-0.2, 0) is 9.36 Å². The fourth-order valence-corrected chi connectivity index (χ4v) is 3.39. The molecule has 0 bridgehead atoms. The second-order valence-corrected chi connectivity index (χ2v) is 7.15. The van der Waals surface area contributed by atoms with Gasteiger partial charge in [0.05, 0.1) is 19.6 Å². The zero-order valence-electron chi connectivity index (χ0n) is 10.4. The first kappa shape index (κ1) is 16.7. The van der Waals surface area contributed by atoms with Crippen LogP contribution >= 0.6 is 19.8 Å². The van der Waals surface area contributed by atoms with Gasteiger partial charge in [-0.25, -0.2) is 4.79 Å². The van der Waals surface area contributed by atoms with Crippen LogP contribution in [0.2, 0.25) is 0 Å². The molecule has 1 unspecified atom stereocenters. The number of aliphatic carboxylic acids is 1. The standard InChI is InChI=1S/C10H18NO6PS/c12-9(13)10(14,18(15,16)17)3-6-11(7-8-19)4-1-2-5-11/h8,14H,1-7H2,(H2-,12,13,15,16,17)/p+1. The molecule has 1 saturated heterocycles. The lowest BCUT2D eigenvalue weighted by Gasteiger charge is -2.35. The Bertz CT molecular complexity index is 405. The molecule has 0 aromatic carbocycles. The van der Waals surface area contributed by atoms with E-state index >= 15 is 0 Å². The van der Waals surface area contributed by atoms with E-state index < -0.39 is 25.3 Å². The molecule has 1 fully saturated rings. The molecule has 0 aliphatic carbocycles. The van der Waals surface area contributed by atoms with E-state index in [9.17, 15) is 14.5 Å². The highest BCUT2D eigenvalue weighted by atomic mass is 32.1. The molecule has 1 aliphatic rings. The minimum atomic E-state index is -5.14. The van der Waals surface area contributed by atoms with Gasteiger partial charge in [0, 0.05) is 24.6 Å². The maximum absolute atomic E-state index is 11.2. The molecular formula is C10H19NO6PS+. The van der Waals surface area contributed by atoms with E-state index in [1.807, 2.05) is 0 Å². The molecule has 1 atom stereocenters. The van der Waals surface area contributed by atoms with Crippen molar-refractivity contribution in [2.45, 2.75) is 24.6 Å². The minimum Gasteiger partial charge on any atom is -0.479 e. The summed E-state index contributed by atoms with van der Waals surface area (Å²) in [7, 11) is -5.14. The Kier molecular flexibility index (Phi) is 5.22. The molecule has 0 radical (unpaired) electrons. The highest BCUT2D eigenvalue weighted by Crippen LogP contribution is 2.51. The highest BCUT2D eigenvalue weighted by molar-refractivity contribution is 7.79. The van der Waals surface area contributed by atoms with Crippen molar-refractivity contribution >= 4 is 31.2 Å². The Balaban J connectivity index is 2.84. The molecule has 4 N–H and O–H groups in total. The number of thiocarbonyl (C=S) groups is 1. The van der Waals surface area contributed by atoms with Crippen molar-refractivity contribution < 1.29 is 33.8 Å². The number of carboxylic acid groups (broad SMARTS) is 1. The largest absolute Gasteiger partial charge is 0.479 e. The van der Waals surface area contributed by atoms with Gasteiger partial charge in [0.2, 0.25) is 0 Å². The summed E-state index contributed by atoms with van der Waals surface area (Å²) >= 11 is 4.82. The number of hydrogen-bond donors (Lipinski definition) is 4.